The fourth-order valence-electron chi connectivity index (χ4n) is 2.82. The fraction of sp³-hybridized carbons (Fsp3) is 0.167. The number of rotatable bonds is 3. The highest BCUT2D eigenvalue weighted by atomic mass is 19.1. The second-order valence-corrected chi connectivity index (χ2v) is 5.65. The number of hydrogen-bond donors (Lipinski definition) is 0. The summed E-state index contributed by atoms with van der Waals surface area (Å²) in [4.78, 5) is 6.19. The van der Waals surface area contributed by atoms with Gasteiger partial charge in [-0.25, -0.2) is 9.37 Å². The van der Waals surface area contributed by atoms with Gasteiger partial charge in [-0.3, -0.25) is 4.57 Å². The number of halogens is 1. The van der Waals surface area contributed by atoms with Crippen LogP contribution in [0.15, 0.2) is 61.2 Å². The molecule has 0 saturated heterocycles. The Balaban J connectivity index is 1.48. The molecule has 0 amide bonds. The summed E-state index contributed by atoms with van der Waals surface area (Å²) in [5.74, 6) is 1.40. The lowest BCUT2D eigenvalue weighted by Gasteiger charge is -2.27. The van der Waals surface area contributed by atoms with E-state index in [1.807, 2.05) is 35.0 Å². The molecule has 5 nitrogen and oxygen atoms in total. The predicted molar refractivity (Wildman–Crippen MR) is 90.4 cm³/mol. The zero-order chi connectivity index (χ0) is 16.4. The van der Waals surface area contributed by atoms with Gasteiger partial charge in [0.25, 0.3) is 0 Å². The molecule has 6 heteroatoms. The van der Waals surface area contributed by atoms with Crippen molar-refractivity contribution >= 4 is 11.4 Å². The highest BCUT2D eigenvalue weighted by Crippen LogP contribution is 2.24. The van der Waals surface area contributed by atoms with Crippen molar-refractivity contribution in [2.75, 3.05) is 18.0 Å². The van der Waals surface area contributed by atoms with Crippen LogP contribution in [0.4, 0.5) is 10.2 Å². The molecule has 24 heavy (non-hydrogen) atoms. The maximum atomic E-state index is 13.0. The summed E-state index contributed by atoms with van der Waals surface area (Å²) >= 11 is 0. The SMILES string of the molecule is Fc1ccc(C2=CCN(c3ccc(-n4ccnc4)nn3)CC2)cc1. The third kappa shape index (κ3) is 2.90. The highest BCUT2D eigenvalue weighted by Gasteiger charge is 2.15. The van der Waals surface area contributed by atoms with Crippen molar-refractivity contribution in [1.82, 2.24) is 19.7 Å². The Morgan fingerprint density at radius 3 is 2.38 bits per heavy atom. The fourth-order valence-corrected chi connectivity index (χ4v) is 2.82. The van der Waals surface area contributed by atoms with Crippen molar-refractivity contribution in [3.63, 3.8) is 0 Å². The standard InChI is InChI=1S/C18H16FN5/c19-16-3-1-14(2-4-16)15-7-10-23(11-8-15)17-5-6-18(22-21-17)24-12-9-20-13-24/h1-7,9,12-13H,8,10-11H2. The van der Waals surface area contributed by atoms with E-state index >= 15 is 0 Å². The molecule has 0 spiro atoms. The van der Waals surface area contributed by atoms with E-state index in [-0.39, 0.29) is 5.82 Å². The molecular formula is C18H16FN5. The Bertz CT molecular complexity index is 838. The molecule has 0 bridgehead atoms. The highest BCUT2D eigenvalue weighted by molar-refractivity contribution is 5.68. The van der Waals surface area contributed by atoms with E-state index in [1.54, 1.807) is 12.5 Å². The molecule has 4 rings (SSSR count). The van der Waals surface area contributed by atoms with Crippen molar-refractivity contribution in [3.05, 3.63) is 72.6 Å². The van der Waals surface area contributed by atoms with E-state index in [0.717, 1.165) is 36.7 Å². The largest absolute Gasteiger partial charge is 0.351 e. The van der Waals surface area contributed by atoms with E-state index in [0.29, 0.717) is 0 Å². The molecule has 0 fully saturated rings. The third-order valence-corrected chi connectivity index (χ3v) is 4.15. The molecule has 3 heterocycles. The minimum absolute atomic E-state index is 0.204. The lowest BCUT2D eigenvalue weighted by Crippen LogP contribution is -2.29. The molecule has 2 aromatic heterocycles. The van der Waals surface area contributed by atoms with Gasteiger partial charge in [0, 0.05) is 25.5 Å². The smallest absolute Gasteiger partial charge is 0.160 e. The van der Waals surface area contributed by atoms with Crippen LogP contribution in [0, 0.1) is 5.82 Å². The van der Waals surface area contributed by atoms with Gasteiger partial charge >= 0.3 is 0 Å². The van der Waals surface area contributed by atoms with Crippen LogP contribution in [0.5, 0.6) is 0 Å². The first-order chi connectivity index (χ1) is 11.8. The molecule has 0 saturated carbocycles. The van der Waals surface area contributed by atoms with Gasteiger partial charge in [-0.05, 0) is 41.8 Å². The Morgan fingerprint density at radius 1 is 0.958 bits per heavy atom. The number of aromatic nitrogens is 4. The summed E-state index contributed by atoms with van der Waals surface area (Å²) in [5, 5.41) is 8.57. The molecule has 0 radical (unpaired) electrons. The van der Waals surface area contributed by atoms with E-state index in [2.05, 4.69) is 26.2 Å². The summed E-state index contributed by atoms with van der Waals surface area (Å²) in [7, 11) is 0. The molecule has 1 aromatic carbocycles. The van der Waals surface area contributed by atoms with Crippen LogP contribution >= 0.6 is 0 Å². The van der Waals surface area contributed by atoms with Crippen LogP contribution in [0.1, 0.15) is 12.0 Å². The first-order valence-electron chi connectivity index (χ1n) is 7.81. The van der Waals surface area contributed by atoms with Gasteiger partial charge in [0.1, 0.15) is 12.1 Å². The molecular weight excluding hydrogens is 305 g/mol. The normalized spacial score (nSPS) is 14.5. The lowest BCUT2D eigenvalue weighted by atomic mass is 9.99. The van der Waals surface area contributed by atoms with Gasteiger partial charge in [0.2, 0.25) is 0 Å². The second kappa shape index (κ2) is 6.23. The first kappa shape index (κ1) is 14.6. The van der Waals surface area contributed by atoms with Crippen molar-refractivity contribution < 1.29 is 4.39 Å². The van der Waals surface area contributed by atoms with Crippen molar-refractivity contribution in [2.24, 2.45) is 0 Å². The topological polar surface area (TPSA) is 46.8 Å². The van der Waals surface area contributed by atoms with Crippen molar-refractivity contribution in [3.8, 4) is 5.82 Å². The van der Waals surface area contributed by atoms with Gasteiger partial charge in [0.05, 0.1) is 0 Å². The molecule has 1 aliphatic heterocycles. The maximum Gasteiger partial charge on any atom is 0.160 e. The number of hydrogen-bond acceptors (Lipinski definition) is 4. The Kier molecular flexibility index (Phi) is 3.78. The summed E-state index contributed by atoms with van der Waals surface area (Å²) < 4.78 is 14.8. The second-order valence-electron chi connectivity index (χ2n) is 5.65. The van der Waals surface area contributed by atoms with E-state index in [9.17, 15) is 4.39 Å². The minimum Gasteiger partial charge on any atom is -0.351 e. The molecule has 120 valence electrons. The quantitative estimate of drug-likeness (QED) is 0.744. The van der Waals surface area contributed by atoms with Crippen LogP contribution in [-0.2, 0) is 0 Å². The molecule has 1 aliphatic rings. The van der Waals surface area contributed by atoms with Crippen LogP contribution in [0.25, 0.3) is 11.4 Å². The van der Waals surface area contributed by atoms with Crippen LogP contribution in [-0.4, -0.2) is 32.8 Å². The monoisotopic (exact) mass is 321 g/mol. The Labute approximate surface area is 139 Å². The third-order valence-electron chi connectivity index (χ3n) is 4.15. The summed E-state index contributed by atoms with van der Waals surface area (Å²) in [6.45, 7) is 1.63. The molecule has 3 aromatic rings. The molecule has 0 aliphatic carbocycles. The number of imidazole rings is 1. The van der Waals surface area contributed by atoms with Gasteiger partial charge in [-0.1, -0.05) is 18.2 Å². The minimum atomic E-state index is -0.204. The number of anilines is 1. The summed E-state index contributed by atoms with van der Waals surface area (Å²) in [6, 6.07) is 10.6. The molecule has 0 atom stereocenters. The zero-order valence-corrected chi connectivity index (χ0v) is 13.0. The first-order valence-corrected chi connectivity index (χ1v) is 7.81. The van der Waals surface area contributed by atoms with Crippen LogP contribution in [0.3, 0.4) is 0 Å². The predicted octanol–water partition coefficient (Wildman–Crippen LogP) is 3.10. The maximum absolute atomic E-state index is 13.0. The molecule has 0 unspecified atom stereocenters. The average Bonchev–Trinajstić information content (AvgIpc) is 3.17. The van der Waals surface area contributed by atoms with Crippen LogP contribution in [0.2, 0.25) is 0 Å². The molecule has 0 N–H and O–H groups in total. The lowest BCUT2D eigenvalue weighted by molar-refractivity contribution is 0.627. The van der Waals surface area contributed by atoms with E-state index in [4.69, 9.17) is 0 Å². The van der Waals surface area contributed by atoms with E-state index < -0.39 is 0 Å². The number of nitrogens with zero attached hydrogens (tertiary/aromatic N) is 5. The van der Waals surface area contributed by atoms with Crippen molar-refractivity contribution in [2.45, 2.75) is 6.42 Å². The van der Waals surface area contributed by atoms with E-state index in [1.165, 1.54) is 17.7 Å². The van der Waals surface area contributed by atoms with Crippen LogP contribution < -0.4 is 4.90 Å². The van der Waals surface area contributed by atoms with Gasteiger partial charge in [-0.2, -0.15) is 0 Å². The average molecular weight is 321 g/mol. The van der Waals surface area contributed by atoms with Gasteiger partial charge < -0.3 is 4.90 Å². The summed E-state index contributed by atoms with van der Waals surface area (Å²) in [6.07, 6.45) is 8.31. The number of benzene rings is 1. The Hall–Kier alpha value is -3.02. The Morgan fingerprint density at radius 2 is 1.75 bits per heavy atom. The summed E-state index contributed by atoms with van der Waals surface area (Å²) in [5.41, 5.74) is 2.33. The van der Waals surface area contributed by atoms with Crippen molar-refractivity contribution in [1.29, 1.82) is 0 Å². The zero-order valence-electron chi connectivity index (χ0n) is 13.0. The van der Waals surface area contributed by atoms with Gasteiger partial charge in [-0.15, -0.1) is 10.2 Å². The van der Waals surface area contributed by atoms with Gasteiger partial charge in [0.15, 0.2) is 11.6 Å².